The standard InChI is InChI=1S/C19H22N4O2.C13H13N5.C5H9ClO2/c1-12(2)7-25-15(24)5-18-8-19(9-18,10-18)23-11-22-14-6-21-17-13(16(14)23)3-4-20-17;14-12-4-13(5-12,6-12)18-7-17-9-3-16-11-8(10(9)18)1-2-15-11;1-4(2)3-8-5(6)7/h3-4,6,11-12H,5,7-10H2,1-2H3,(H,20,21);1-3,7H,4-6,14H2,(H,15,16);4H,3H2,1-2H3. The average molecular weight is 714 g/mol. The first-order valence-corrected chi connectivity index (χ1v) is 18.1. The van der Waals surface area contributed by atoms with E-state index in [0.717, 1.165) is 77.1 Å². The molecule has 6 heterocycles. The van der Waals surface area contributed by atoms with E-state index >= 15 is 0 Å². The molecule has 0 unspecified atom stereocenters. The highest BCUT2D eigenvalue weighted by Crippen LogP contribution is 2.73. The second-order valence-electron chi connectivity index (χ2n) is 16.3. The number of aromatic amines is 2. The van der Waals surface area contributed by atoms with Crippen molar-refractivity contribution in [1.29, 1.82) is 0 Å². The fraction of sp³-hybridized carbons (Fsp3) is 0.514. The van der Waals surface area contributed by atoms with Gasteiger partial charge >= 0.3 is 11.4 Å². The largest absolute Gasteiger partial charge is 0.465 e. The van der Waals surface area contributed by atoms with Crippen molar-refractivity contribution in [3.8, 4) is 0 Å². The maximum absolute atomic E-state index is 12.1. The third-order valence-corrected chi connectivity index (χ3v) is 11.1. The van der Waals surface area contributed by atoms with Crippen molar-refractivity contribution in [2.45, 2.75) is 89.3 Å². The van der Waals surface area contributed by atoms with Gasteiger partial charge in [-0.2, -0.15) is 0 Å². The fourth-order valence-electron chi connectivity index (χ4n) is 9.03. The zero-order chi connectivity index (χ0) is 35.8. The molecule has 0 saturated heterocycles. The number of hydrogen-bond donors (Lipinski definition) is 3. The Morgan fingerprint density at radius 3 is 1.69 bits per heavy atom. The molecule has 0 aromatic carbocycles. The maximum Gasteiger partial charge on any atom is 0.403 e. The molecule has 6 aromatic rings. The quantitative estimate of drug-likeness (QED) is 0.112. The number of H-pyrrole nitrogens is 2. The van der Waals surface area contributed by atoms with E-state index in [4.69, 9.17) is 22.1 Å². The number of carbonyl (C=O) groups excluding carboxylic acids is 2. The first-order chi connectivity index (χ1) is 24.3. The van der Waals surface area contributed by atoms with Crippen LogP contribution in [0.4, 0.5) is 4.79 Å². The second kappa shape index (κ2) is 12.0. The summed E-state index contributed by atoms with van der Waals surface area (Å²) in [5.74, 6) is 0.699. The van der Waals surface area contributed by atoms with Gasteiger partial charge in [-0.15, -0.1) is 0 Å². The zero-order valence-electron chi connectivity index (χ0n) is 29.4. The number of imidazole rings is 2. The lowest BCUT2D eigenvalue weighted by Gasteiger charge is -2.70. The predicted octanol–water partition coefficient (Wildman–Crippen LogP) is 6.90. The molecule has 4 N–H and O–H groups in total. The zero-order valence-corrected chi connectivity index (χ0v) is 30.2. The molecule has 0 radical (unpaired) electrons. The van der Waals surface area contributed by atoms with Gasteiger partial charge in [-0.25, -0.2) is 24.7 Å². The molecule has 6 aliphatic rings. The average Bonchev–Trinajstić information content (AvgIpc) is 3.83. The molecule has 0 aliphatic heterocycles. The molecule has 6 aromatic heterocycles. The molecule has 268 valence electrons. The smallest absolute Gasteiger partial charge is 0.403 e. The number of nitrogens with one attached hydrogen (secondary N) is 2. The van der Waals surface area contributed by atoms with E-state index in [1.54, 1.807) is 0 Å². The summed E-state index contributed by atoms with van der Waals surface area (Å²) in [5.41, 5.74) is 12.1. The van der Waals surface area contributed by atoms with Crippen molar-refractivity contribution in [2.24, 2.45) is 23.0 Å². The molecule has 4 bridgehead atoms. The first-order valence-electron chi connectivity index (χ1n) is 17.7. The number of fused-ring (bicyclic) bond motifs is 6. The molecule has 14 heteroatoms. The third kappa shape index (κ3) is 5.74. The van der Waals surface area contributed by atoms with E-state index in [9.17, 15) is 9.59 Å². The first kappa shape index (κ1) is 33.6. The van der Waals surface area contributed by atoms with Crippen LogP contribution in [0, 0.1) is 17.3 Å². The molecular formula is C37H44ClN9O4. The molecule has 51 heavy (non-hydrogen) atoms. The molecule has 6 fully saturated rings. The molecular weight excluding hydrogens is 670 g/mol. The second-order valence-corrected chi connectivity index (χ2v) is 16.6. The predicted molar refractivity (Wildman–Crippen MR) is 194 cm³/mol. The Morgan fingerprint density at radius 1 is 0.784 bits per heavy atom. The molecule has 6 saturated carbocycles. The van der Waals surface area contributed by atoms with Crippen LogP contribution < -0.4 is 5.73 Å². The lowest BCUT2D eigenvalue weighted by molar-refractivity contribution is -0.200. The van der Waals surface area contributed by atoms with Gasteiger partial charge in [0, 0.05) is 45.8 Å². The van der Waals surface area contributed by atoms with Crippen molar-refractivity contribution in [3.63, 3.8) is 0 Å². The summed E-state index contributed by atoms with van der Waals surface area (Å²) in [4.78, 5) is 46.1. The summed E-state index contributed by atoms with van der Waals surface area (Å²) in [6, 6.07) is 4.14. The molecule has 0 amide bonds. The van der Waals surface area contributed by atoms with Crippen molar-refractivity contribution in [2.75, 3.05) is 13.2 Å². The lowest BCUT2D eigenvalue weighted by Crippen LogP contribution is -2.76. The topological polar surface area (TPSA) is 172 Å². The van der Waals surface area contributed by atoms with Crippen LogP contribution in [-0.4, -0.2) is 69.2 Å². The monoisotopic (exact) mass is 713 g/mol. The van der Waals surface area contributed by atoms with Gasteiger partial charge in [0.2, 0.25) is 0 Å². The van der Waals surface area contributed by atoms with Gasteiger partial charge in [-0.05, 0) is 67.9 Å². The van der Waals surface area contributed by atoms with Gasteiger partial charge in [0.15, 0.2) is 0 Å². The highest BCUT2D eigenvalue weighted by atomic mass is 35.5. The van der Waals surface area contributed by atoms with Crippen LogP contribution in [0.2, 0.25) is 0 Å². The van der Waals surface area contributed by atoms with Crippen LogP contribution in [0.5, 0.6) is 0 Å². The minimum absolute atomic E-state index is 0.0466. The van der Waals surface area contributed by atoms with Crippen molar-refractivity contribution in [1.82, 2.24) is 39.0 Å². The van der Waals surface area contributed by atoms with E-state index in [0.29, 0.717) is 31.5 Å². The fourth-order valence-corrected chi connectivity index (χ4v) is 9.10. The molecule has 6 aliphatic carbocycles. The van der Waals surface area contributed by atoms with Crippen LogP contribution >= 0.6 is 11.6 Å². The van der Waals surface area contributed by atoms with E-state index in [2.05, 4.69) is 69.8 Å². The van der Waals surface area contributed by atoms with Crippen LogP contribution in [0.1, 0.15) is 72.6 Å². The van der Waals surface area contributed by atoms with E-state index in [-0.39, 0.29) is 28.0 Å². The van der Waals surface area contributed by atoms with Gasteiger partial charge in [0.25, 0.3) is 0 Å². The van der Waals surface area contributed by atoms with E-state index in [1.807, 2.05) is 51.3 Å². The Labute approximate surface area is 299 Å². The Kier molecular flexibility index (Phi) is 7.95. The van der Waals surface area contributed by atoms with Crippen LogP contribution in [0.25, 0.3) is 44.1 Å². The van der Waals surface area contributed by atoms with Gasteiger partial charge in [-0.3, -0.25) is 4.79 Å². The summed E-state index contributed by atoms with van der Waals surface area (Å²) >= 11 is 4.86. The minimum Gasteiger partial charge on any atom is -0.465 e. The third-order valence-electron chi connectivity index (χ3n) is 11.0. The van der Waals surface area contributed by atoms with Crippen molar-refractivity contribution in [3.05, 3.63) is 49.6 Å². The molecule has 13 nitrogen and oxygen atoms in total. The Bertz CT molecular complexity index is 2240. The van der Waals surface area contributed by atoms with Crippen molar-refractivity contribution >= 4 is 67.1 Å². The number of aromatic nitrogens is 8. The number of halogens is 1. The summed E-state index contributed by atoms with van der Waals surface area (Å²) in [6.07, 6.45) is 18.3. The van der Waals surface area contributed by atoms with Crippen LogP contribution in [0.3, 0.4) is 0 Å². The molecule has 0 atom stereocenters. The summed E-state index contributed by atoms with van der Waals surface area (Å²) in [7, 11) is 0. The maximum atomic E-state index is 12.1. The highest BCUT2D eigenvalue weighted by Gasteiger charge is 2.69. The van der Waals surface area contributed by atoms with E-state index in [1.165, 1.54) is 5.52 Å². The van der Waals surface area contributed by atoms with Crippen molar-refractivity contribution < 1.29 is 19.1 Å². The minimum atomic E-state index is -0.723. The van der Waals surface area contributed by atoms with E-state index < -0.39 is 5.43 Å². The SMILES string of the molecule is CC(C)COC(=O)CC12CC(n3cnc4cnc5[nH]ccc5c43)(C1)C2.CC(C)COC(=O)Cl.NC12CC(n3cnc4cnc5[nH]ccc5c43)(C1)C2. The number of carbonyl (C=O) groups is 2. The molecule has 0 spiro atoms. The summed E-state index contributed by atoms with van der Waals surface area (Å²) in [6.45, 7) is 8.93. The van der Waals surface area contributed by atoms with Crippen LogP contribution in [-0.2, 0) is 25.3 Å². The van der Waals surface area contributed by atoms with Gasteiger partial charge in [0.05, 0.1) is 61.3 Å². The normalized spacial score (nSPS) is 26.8. The van der Waals surface area contributed by atoms with Gasteiger partial charge < -0.3 is 34.3 Å². The summed E-state index contributed by atoms with van der Waals surface area (Å²) < 4.78 is 14.4. The Hall–Kier alpha value is -4.49. The highest BCUT2D eigenvalue weighted by molar-refractivity contribution is 6.61. The molecule has 12 rings (SSSR count). The number of hydrogen-bond acceptors (Lipinski definition) is 9. The Balaban J connectivity index is 0.000000125. The number of ether oxygens (including phenoxy) is 2. The Morgan fingerprint density at radius 2 is 1.25 bits per heavy atom. The number of pyridine rings is 2. The number of nitrogens with zero attached hydrogens (tertiary/aromatic N) is 6. The van der Waals surface area contributed by atoms with Gasteiger partial charge in [0.1, 0.15) is 22.3 Å². The van der Waals surface area contributed by atoms with Gasteiger partial charge in [-0.1, -0.05) is 27.7 Å². The lowest BCUT2D eigenvalue weighted by atomic mass is 9.38. The number of nitrogens with two attached hydrogens (primary N) is 1. The summed E-state index contributed by atoms with van der Waals surface area (Å²) in [5, 5.41) is 2.27. The number of rotatable bonds is 8. The van der Waals surface area contributed by atoms with Crippen LogP contribution in [0.15, 0.2) is 49.6 Å². The number of esters is 1.